The Labute approximate surface area is 149 Å². The second-order valence-electron chi connectivity index (χ2n) is 7.63. The Morgan fingerprint density at radius 3 is 2.54 bits per heavy atom. The van der Waals surface area contributed by atoms with Crippen molar-refractivity contribution in [1.82, 2.24) is 14.7 Å². The summed E-state index contributed by atoms with van der Waals surface area (Å²) in [6.07, 6.45) is 1.05. The van der Waals surface area contributed by atoms with E-state index in [4.69, 9.17) is 22.4 Å². The van der Waals surface area contributed by atoms with E-state index in [2.05, 4.69) is 32.6 Å². The molecule has 24 heavy (non-hydrogen) atoms. The summed E-state index contributed by atoms with van der Waals surface area (Å²) in [7, 11) is 0. The highest BCUT2D eigenvalue weighted by Crippen LogP contribution is 2.30. The SMILES string of the molecule is Cc1nn(-c2ccc(Cl)cc2)c(C)c1CN1CCC(N)C(C)(C)C1. The van der Waals surface area contributed by atoms with E-state index in [1.165, 1.54) is 11.3 Å². The number of hydrogen-bond donors (Lipinski definition) is 1. The lowest BCUT2D eigenvalue weighted by Gasteiger charge is -2.42. The first kappa shape index (κ1) is 17.5. The molecule has 0 amide bonds. The molecule has 0 saturated carbocycles. The number of aryl methyl sites for hydroxylation is 1. The molecule has 2 heterocycles. The van der Waals surface area contributed by atoms with Crippen LogP contribution in [0.25, 0.3) is 5.69 Å². The first-order valence-electron chi connectivity index (χ1n) is 8.57. The second-order valence-corrected chi connectivity index (χ2v) is 8.07. The number of nitrogens with zero attached hydrogens (tertiary/aromatic N) is 3. The van der Waals surface area contributed by atoms with Crippen LogP contribution in [-0.2, 0) is 6.54 Å². The predicted molar refractivity (Wildman–Crippen MR) is 99.7 cm³/mol. The summed E-state index contributed by atoms with van der Waals surface area (Å²) in [5.74, 6) is 0. The molecule has 1 aromatic carbocycles. The van der Waals surface area contributed by atoms with Gasteiger partial charge in [0.15, 0.2) is 0 Å². The third kappa shape index (κ3) is 3.37. The van der Waals surface area contributed by atoms with Crippen LogP contribution in [0.15, 0.2) is 24.3 Å². The van der Waals surface area contributed by atoms with Gasteiger partial charge >= 0.3 is 0 Å². The fraction of sp³-hybridized carbons (Fsp3) is 0.526. The Morgan fingerprint density at radius 2 is 1.92 bits per heavy atom. The number of hydrogen-bond acceptors (Lipinski definition) is 3. The summed E-state index contributed by atoms with van der Waals surface area (Å²) >= 11 is 6.00. The van der Waals surface area contributed by atoms with E-state index < -0.39 is 0 Å². The minimum absolute atomic E-state index is 0.159. The smallest absolute Gasteiger partial charge is 0.0649 e. The molecule has 130 valence electrons. The number of nitrogens with two attached hydrogens (primary N) is 1. The van der Waals surface area contributed by atoms with Crippen molar-refractivity contribution in [3.63, 3.8) is 0 Å². The van der Waals surface area contributed by atoms with Crippen LogP contribution in [0.1, 0.15) is 37.2 Å². The van der Waals surface area contributed by atoms with E-state index in [9.17, 15) is 0 Å². The molecule has 4 nitrogen and oxygen atoms in total. The number of benzene rings is 1. The standard InChI is InChI=1S/C19H27ClN4/c1-13-17(11-23-10-9-18(21)19(3,4)12-23)14(2)24(22-13)16-7-5-15(20)6-8-16/h5-8,18H,9-12,21H2,1-4H3. The fourth-order valence-electron chi connectivity index (χ4n) is 3.58. The molecule has 3 rings (SSSR count). The molecule has 1 fully saturated rings. The van der Waals surface area contributed by atoms with Gasteiger partial charge in [0.1, 0.15) is 0 Å². The topological polar surface area (TPSA) is 47.1 Å². The fourth-order valence-corrected chi connectivity index (χ4v) is 3.71. The van der Waals surface area contributed by atoms with Crippen LogP contribution >= 0.6 is 11.6 Å². The van der Waals surface area contributed by atoms with E-state index in [1.54, 1.807) is 0 Å². The van der Waals surface area contributed by atoms with E-state index in [0.717, 1.165) is 42.5 Å². The maximum Gasteiger partial charge on any atom is 0.0649 e. The van der Waals surface area contributed by atoms with Crippen LogP contribution in [0.5, 0.6) is 0 Å². The lowest BCUT2D eigenvalue weighted by molar-refractivity contribution is 0.0896. The van der Waals surface area contributed by atoms with Gasteiger partial charge in [-0.25, -0.2) is 4.68 Å². The van der Waals surface area contributed by atoms with Crippen LogP contribution in [0.3, 0.4) is 0 Å². The van der Waals surface area contributed by atoms with Crippen molar-refractivity contribution >= 4 is 11.6 Å². The molecule has 1 atom stereocenters. The first-order valence-corrected chi connectivity index (χ1v) is 8.95. The van der Waals surface area contributed by atoms with E-state index in [1.807, 2.05) is 28.9 Å². The maximum absolute atomic E-state index is 6.27. The summed E-state index contributed by atoms with van der Waals surface area (Å²) < 4.78 is 2.02. The predicted octanol–water partition coefficient (Wildman–Crippen LogP) is 3.70. The van der Waals surface area contributed by atoms with Crippen LogP contribution in [0, 0.1) is 19.3 Å². The average molecular weight is 347 g/mol. The van der Waals surface area contributed by atoms with Gasteiger partial charge in [0.2, 0.25) is 0 Å². The van der Waals surface area contributed by atoms with Crippen molar-refractivity contribution < 1.29 is 0 Å². The molecule has 2 N–H and O–H groups in total. The molecule has 2 aromatic rings. The molecule has 0 spiro atoms. The highest BCUT2D eigenvalue weighted by atomic mass is 35.5. The molecule has 0 aliphatic carbocycles. The molecule has 1 unspecified atom stereocenters. The Hall–Kier alpha value is -1.36. The molecule has 0 radical (unpaired) electrons. The van der Waals surface area contributed by atoms with Gasteiger partial charge in [-0.1, -0.05) is 25.4 Å². The van der Waals surface area contributed by atoms with Crippen molar-refractivity contribution in [2.75, 3.05) is 13.1 Å². The minimum atomic E-state index is 0.159. The zero-order valence-electron chi connectivity index (χ0n) is 15.0. The lowest BCUT2D eigenvalue weighted by Crippen LogP contribution is -2.52. The number of piperidine rings is 1. The molecule has 1 aromatic heterocycles. The van der Waals surface area contributed by atoms with Gasteiger partial charge in [0.05, 0.1) is 11.4 Å². The van der Waals surface area contributed by atoms with Gasteiger partial charge < -0.3 is 5.73 Å². The Balaban J connectivity index is 1.83. The number of likely N-dealkylation sites (tertiary alicyclic amines) is 1. The highest BCUT2D eigenvalue weighted by Gasteiger charge is 2.33. The quantitative estimate of drug-likeness (QED) is 0.921. The third-order valence-electron chi connectivity index (χ3n) is 5.29. The van der Waals surface area contributed by atoms with Crippen molar-refractivity contribution in [3.8, 4) is 5.69 Å². The Morgan fingerprint density at radius 1 is 1.25 bits per heavy atom. The second kappa shape index (κ2) is 6.51. The summed E-state index contributed by atoms with van der Waals surface area (Å²) in [6, 6.07) is 8.11. The number of halogens is 1. The zero-order chi connectivity index (χ0) is 17.5. The van der Waals surface area contributed by atoms with Crippen molar-refractivity contribution in [2.45, 2.75) is 46.7 Å². The maximum atomic E-state index is 6.27. The van der Waals surface area contributed by atoms with E-state index >= 15 is 0 Å². The van der Waals surface area contributed by atoms with Gasteiger partial charge in [0.25, 0.3) is 0 Å². The van der Waals surface area contributed by atoms with Crippen LogP contribution in [-0.4, -0.2) is 33.8 Å². The van der Waals surface area contributed by atoms with Gasteiger partial charge in [-0.3, -0.25) is 4.90 Å². The summed E-state index contributed by atoms with van der Waals surface area (Å²) in [5, 5.41) is 5.49. The molecule has 1 aliphatic heterocycles. The Bertz CT molecular complexity index is 718. The van der Waals surface area contributed by atoms with Crippen LogP contribution in [0.2, 0.25) is 5.02 Å². The van der Waals surface area contributed by atoms with Gasteiger partial charge in [-0.15, -0.1) is 0 Å². The molecule has 5 heteroatoms. The monoisotopic (exact) mass is 346 g/mol. The van der Waals surface area contributed by atoms with Crippen molar-refractivity contribution in [1.29, 1.82) is 0 Å². The number of aromatic nitrogens is 2. The van der Waals surface area contributed by atoms with Gasteiger partial charge in [0, 0.05) is 42.0 Å². The summed E-state index contributed by atoms with van der Waals surface area (Å²) in [5.41, 5.74) is 11.1. The molecular weight excluding hydrogens is 320 g/mol. The summed E-state index contributed by atoms with van der Waals surface area (Å²) in [4.78, 5) is 2.51. The van der Waals surface area contributed by atoms with Gasteiger partial charge in [-0.2, -0.15) is 5.10 Å². The van der Waals surface area contributed by atoms with Crippen molar-refractivity contribution in [3.05, 3.63) is 46.2 Å². The minimum Gasteiger partial charge on any atom is -0.327 e. The molecule has 1 saturated heterocycles. The number of rotatable bonds is 3. The average Bonchev–Trinajstić information content (AvgIpc) is 2.79. The van der Waals surface area contributed by atoms with E-state index in [0.29, 0.717) is 0 Å². The van der Waals surface area contributed by atoms with E-state index in [-0.39, 0.29) is 11.5 Å². The zero-order valence-corrected chi connectivity index (χ0v) is 15.8. The molecule has 1 aliphatic rings. The summed E-state index contributed by atoms with van der Waals surface area (Å²) in [6.45, 7) is 11.8. The van der Waals surface area contributed by atoms with Crippen LogP contribution < -0.4 is 5.73 Å². The largest absolute Gasteiger partial charge is 0.327 e. The normalized spacial score (nSPS) is 21.2. The third-order valence-corrected chi connectivity index (χ3v) is 5.54. The molecule has 0 bridgehead atoms. The van der Waals surface area contributed by atoms with Gasteiger partial charge in [-0.05, 0) is 49.9 Å². The lowest BCUT2D eigenvalue weighted by atomic mass is 9.79. The highest BCUT2D eigenvalue weighted by molar-refractivity contribution is 6.30. The Kier molecular flexibility index (Phi) is 4.73. The van der Waals surface area contributed by atoms with Crippen LogP contribution in [0.4, 0.5) is 0 Å². The molecular formula is C19H27ClN4. The first-order chi connectivity index (χ1) is 11.3. The van der Waals surface area contributed by atoms with Crippen molar-refractivity contribution in [2.24, 2.45) is 11.1 Å².